The van der Waals surface area contributed by atoms with Gasteiger partial charge in [0.05, 0.1) is 33.5 Å². The van der Waals surface area contributed by atoms with Crippen molar-refractivity contribution in [2.45, 2.75) is 105 Å². The molecule has 1 N–H and O–H groups in total. The van der Waals surface area contributed by atoms with Gasteiger partial charge in [0.2, 0.25) is 0 Å². The second-order valence-corrected chi connectivity index (χ2v) is 21.2. The smallest absolute Gasteiger partial charge is 0.149 e. The van der Waals surface area contributed by atoms with Crippen molar-refractivity contribution in [1.29, 1.82) is 0 Å². The maximum Gasteiger partial charge on any atom is 0.149 e. The van der Waals surface area contributed by atoms with Gasteiger partial charge in [0.1, 0.15) is 11.6 Å². The van der Waals surface area contributed by atoms with Gasteiger partial charge in [-0.25, -0.2) is 4.98 Å². The molecule has 0 fully saturated rings. The van der Waals surface area contributed by atoms with E-state index in [1.807, 2.05) is 62.4 Å². The van der Waals surface area contributed by atoms with E-state index < -0.39 is 47.9 Å². The van der Waals surface area contributed by atoms with Crippen LogP contribution < -0.4 is 0 Å². The molecule has 68 heavy (non-hydrogen) atoms. The summed E-state index contributed by atoms with van der Waals surface area (Å²) in [6.45, 7) is 20.3. The lowest BCUT2D eigenvalue weighted by Crippen LogP contribution is -2.17. The van der Waals surface area contributed by atoms with Gasteiger partial charge in [0.15, 0.2) is 0 Å². The molecule has 0 saturated carbocycles. The molecule has 4 heteroatoms. The summed E-state index contributed by atoms with van der Waals surface area (Å²) in [7, 11) is 0. The third-order valence-electron chi connectivity index (χ3n) is 12.9. The summed E-state index contributed by atoms with van der Waals surface area (Å²) in [5.41, 5.74) is 11.8. The molecule has 0 bridgehead atoms. The molecular formula is C64H65N3O. The Labute approximate surface area is 415 Å². The number of imidazole rings is 1. The van der Waals surface area contributed by atoms with Gasteiger partial charge in [-0.3, -0.25) is 9.55 Å². The highest BCUT2D eigenvalue weighted by atomic mass is 16.3. The van der Waals surface area contributed by atoms with Crippen molar-refractivity contribution in [3.63, 3.8) is 0 Å². The molecule has 0 amide bonds. The molecule has 7 aromatic carbocycles. The van der Waals surface area contributed by atoms with Crippen LogP contribution in [-0.2, 0) is 16.2 Å². The summed E-state index contributed by atoms with van der Waals surface area (Å²) >= 11 is 0. The molecule has 9 aromatic rings. The van der Waals surface area contributed by atoms with Crippen molar-refractivity contribution in [1.82, 2.24) is 14.5 Å². The van der Waals surface area contributed by atoms with Crippen LogP contribution in [0.15, 0.2) is 164 Å². The Morgan fingerprint density at radius 2 is 1.19 bits per heavy atom. The fraction of sp³-hybridized carbons (Fsp3) is 0.250. The van der Waals surface area contributed by atoms with Gasteiger partial charge in [-0.15, -0.1) is 0 Å². The number of phenols is 1. The first kappa shape index (κ1) is 37.0. The summed E-state index contributed by atoms with van der Waals surface area (Å²) in [6.07, 6.45) is 1.57. The molecule has 4 nitrogen and oxygen atoms in total. The molecule has 0 unspecified atom stereocenters. The van der Waals surface area contributed by atoms with Gasteiger partial charge in [-0.1, -0.05) is 191 Å². The minimum absolute atomic E-state index is 0.0142. The lowest BCUT2D eigenvalue weighted by Gasteiger charge is -2.28. The Hall–Kier alpha value is -7.04. The number of pyridine rings is 1. The normalized spacial score (nSPS) is 14.3. The van der Waals surface area contributed by atoms with Crippen LogP contribution in [0.5, 0.6) is 5.75 Å². The van der Waals surface area contributed by atoms with Gasteiger partial charge in [-0.05, 0) is 128 Å². The molecule has 0 saturated heterocycles. The standard InChI is InChI=1S/C64H65N3O/c1-40(2)51-38-53(44-22-17-14-18-23-44)58(39-52(51)43-20-15-13-16-21-43)67-57-25-19-24-50(59(57)66-61(67)54-36-49(63(7,8)9)37-55(60(54)68)64(10,11)12)46-32-47(34-48(33-46)62(4,5)6)56-35-45(30-31-65-56)42-28-26-41(3)27-29-42/h13-40,68H,1-12H3/i3D3,26D,27D,28D,29D,40D. The van der Waals surface area contributed by atoms with Gasteiger partial charge >= 0.3 is 0 Å². The van der Waals surface area contributed by atoms with Crippen LogP contribution in [0.2, 0.25) is 0 Å². The monoisotopic (exact) mass is 900 g/mol. The van der Waals surface area contributed by atoms with Crippen LogP contribution >= 0.6 is 0 Å². The number of aromatic nitrogens is 3. The molecule has 342 valence electrons. The van der Waals surface area contributed by atoms with E-state index in [9.17, 15) is 6.48 Å². The summed E-state index contributed by atoms with van der Waals surface area (Å²) in [6, 6.07) is 42.6. The fourth-order valence-electron chi connectivity index (χ4n) is 9.02. The number of hydrogen-bond acceptors (Lipinski definition) is 3. The molecule has 2 aromatic heterocycles. The fourth-order valence-corrected chi connectivity index (χ4v) is 9.02. The Balaban J connectivity index is 1.39. The molecule has 0 aliphatic heterocycles. The maximum absolute atomic E-state index is 12.8. The number of nitrogens with zero attached hydrogens (tertiary/aromatic N) is 3. The molecule has 9 rings (SSSR count). The summed E-state index contributed by atoms with van der Waals surface area (Å²) < 4.78 is 70.7. The average molecular weight is 900 g/mol. The third-order valence-corrected chi connectivity index (χ3v) is 12.9. The zero-order valence-corrected chi connectivity index (χ0v) is 41.1. The third kappa shape index (κ3) is 8.93. The lowest BCUT2D eigenvalue weighted by molar-refractivity contribution is 0.446. The molecule has 0 radical (unpaired) electrons. The largest absolute Gasteiger partial charge is 0.507 e. The van der Waals surface area contributed by atoms with Crippen molar-refractivity contribution in [3.8, 4) is 78.6 Å². The van der Waals surface area contributed by atoms with Gasteiger partial charge in [0.25, 0.3) is 0 Å². The first-order valence-corrected chi connectivity index (χ1v) is 23.4. The molecule has 2 heterocycles. The van der Waals surface area contributed by atoms with Crippen LogP contribution in [0, 0.1) is 6.85 Å². The summed E-state index contributed by atoms with van der Waals surface area (Å²) in [5.74, 6) is -0.306. The van der Waals surface area contributed by atoms with Crippen molar-refractivity contribution in [2.75, 3.05) is 0 Å². The van der Waals surface area contributed by atoms with Gasteiger partial charge in [-0.2, -0.15) is 0 Å². The minimum Gasteiger partial charge on any atom is -0.507 e. The van der Waals surface area contributed by atoms with Crippen LogP contribution in [0.4, 0.5) is 0 Å². The SMILES string of the molecule is [2H]c1c([2H])c(C([2H])([2H])[2H])c([2H])c([2H])c1-c1ccnc(-c2cc(-c3cccc4c3nc(-c3cc(C(C)(C)C)cc(C(C)(C)C)c3O)n4-c3cc(-c4ccccc4)c(C([2H])(C)C)cc3-c3ccccc3)cc(C(C)(C)C)c2)c1. The van der Waals surface area contributed by atoms with Gasteiger partial charge in [0, 0.05) is 33.9 Å². The number of fused-ring (bicyclic) bond motifs is 1. The molecular weight excluding hydrogens is 827 g/mol. The Morgan fingerprint density at radius 3 is 1.81 bits per heavy atom. The van der Waals surface area contributed by atoms with Crippen molar-refractivity contribution in [3.05, 3.63) is 192 Å². The maximum atomic E-state index is 12.8. The van der Waals surface area contributed by atoms with E-state index >= 15 is 0 Å². The predicted molar refractivity (Wildman–Crippen MR) is 288 cm³/mol. The van der Waals surface area contributed by atoms with E-state index in [0.29, 0.717) is 28.2 Å². The summed E-state index contributed by atoms with van der Waals surface area (Å²) in [4.78, 5) is 10.5. The van der Waals surface area contributed by atoms with E-state index in [1.165, 1.54) is 0 Å². The second kappa shape index (κ2) is 17.6. The Bertz CT molecular complexity index is 3690. The predicted octanol–water partition coefficient (Wildman–Crippen LogP) is 17.5. The highest BCUT2D eigenvalue weighted by Crippen LogP contribution is 2.47. The van der Waals surface area contributed by atoms with Crippen molar-refractivity contribution in [2.24, 2.45) is 0 Å². The number of rotatable bonds is 8. The van der Waals surface area contributed by atoms with Crippen LogP contribution in [0.1, 0.15) is 121 Å². The zero-order chi connectivity index (χ0) is 55.2. The van der Waals surface area contributed by atoms with Crippen molar-refractivity contribution >= 4 is 11.0 Å². The van der Waals surface area contributed by atoms with E-state index in [2.05, 4.69) is 140 Å². The first-order valence-electron chi connectivity index (χ1n) is 27.4. The quantitative estimate of drug-likeness (QED) is 0.165. The highest BCUT2D eigenvalue weighted by molar-refractivity contribution is 5.98. The minimum atomic E-state index is -2.84. The second-order valence-electron chi connectivity index (χ2n) is 21.2. The molecule has 0 aliphatic carbocycles. The van der Waals surface area contributed by atoms with Crippen molar-refractivity contribution < 1.29 is 16.1 Å². The summed E-state index contributed by atoms with van der Waals surface area (Å²) in [5, 5.41) is 12.8. The topological polar surface area (TPSA) is 50.9 Å². The number of phenolic OH excluding ortho intramolecular Hbond substituents is 1. The molecule has 0 aliphatic rings. The Morgan fingerprint density at radius 1 is 0.559 bits per heavy atom. The average Bonchev–Trinajstić information content (AvgIpc) is 3.74. The van der Waals surface area contributed by atoms with E-state index in [4.69, 9.17) is 19.6 Å². The Kier molecular flexibility index (Phi) is 9.55. The highest BCUT2D eigenvalue weighted by Gasteiger charge is 2.30. The van der Waals surface area contributed by atoms with E-state index in [0.717, 1.165) is 72.4 Å². The van der Waals surface area contributed by atoms with Crippen LogP contribution in [0.25, 0.3) is 83.9 Å². The van der Waals surface area contributed by atoms with Crippen LogP contribution in [-0.4, -0.2) is 19.6 Å². The number of hydrogen-bond donors (Lipinski definition) is 1. The van der Waals surface area contributed by atoms with E-state index in [-0.39, 0.29) is 22.1 Å². The zero-order valence-electron chi connectivity index (χ0n) is 49.1. The van der Waals surface area contributed by atoms with Crippen LogP contribution in [0.3, 0.4) is 0 Å². The van der Waals surface area contributed by atoms with Gasteiger partial charge < -0.3 is 5.11 Å². The number of benzene rings is 7. The number of para-hydroxylation sites is 1. The first-order chi connectivity index (χ1) is 35.4. The molecule has 0 spiro atoms. The number of aromatic hydroxyl groups is 1. The van der Waals surface area contributed by atoms with E-state index in [1.54, 1.807) is 18.3 Å². The molecule has 0 atom stereocenters. The lowest BCUT2D eigenvalue weighted by atomic mass is 9.79.